The molecule has 1 aromatic heterocycles. The van der Waals surface area contributed by atoms with Crippen molar-refractivity contribution in [3.63, 3.8) is 0 Å². The van der Waals surface area contributed by atoms with Gasteiger partial charge in [-0.1, -0.05) is 18.2 Å². The largest absolute Gasteiger partial charge is 0.511 e. The van der Waals surface area contributed by atoms with Crippen LogP contribution < -0.4 is 4.90 Å². The van der Waals surface area contributed by atoms with Crippen LogP contribution in [-0.4, -0.2) is 84.0 Å². The molecule has 0 spiro atoms. The number of amides is 2. The van der Waals surface area contributed by atoms with Gasteiger partial charge in [0.15, 0.2) is 5.78 Å². The SMILES string of the molecule is O=C1CC(c2ccco2)CC(O)=C1C=NCCN1CCN([C@H]2CC(=O)N(c3ccccc3)C2=O)CC1. The minimum Gasteiger partial charge on any atom is -0.511 e. The zero-order valence-electron chi connectivity index (χ0n) is 20.1. The quantitative estimate of drug-likeness (QED) is 0.470. The highest BCUT2D eigenvalue weighted by molar-refractivity contribution is 6.22. The summed E-state index contributed by atoms with van der Waals surface area (Å²) in [5.74, 6) is 0.203. The molecule has 2 aliphatic heterocycles. The van der Waals surface area contributed by atoms with Crippen LogP contribution in [0.1, 0.15) is 30.9 Å². The average molecular weight is 491 g/mol. The molecule has 1 aromatic carbocycles. The summed E-state index contributed by atoms with van der Waals surface area (Å²) in [6.07, 6.45) is 3.94. The van der Waals surface area contributed by atoms with E-state index in [0.29, 0.717) is 43.9 Å². The number of anilines is 1. The number of ketones is 1. The molecule has 1 aliphatic carbocycles. The summed E-state index contributed by atoms with van der Waals surface area (Å²) in [5, 5.41) is 10.4. The van der Waals surface area contributed by atoms with Crippen LogP contribution in [-0.2, 0) is 14.4 Å². The van der Waals surface area contributed by atoms with Crippen molar-refractivity contribution in [2.24, 2.45) is 4.99 Å². The fourth-order valence-electron chi connectivity index (χ4n) is 5.18. The number of para-hydroxylation sites is 1. The van der Waals surface area contributed by atoms with Gasteiger partial charge in [0.1, 0.15) is 11.5 Å². The number of hydrogen-bond donors (Lipinski definition) is 1. The molecular weight excluding hydrogens is 460 g/mol. The number of allylic oxidation sites excluding steroid dienone is 2. The average Bonchev–Trinajstić information content (AvgIpc) is 3.52. The van der Waals surface area contributed by atoms with Gasteiger partial charge in [0, 0.05) is 57.7 Å². The zero-order valence-corrected chi connectivity index (χ0v) is 20.1. The normalized spacial score (nSPS) is 24.4. The van der Waals surface area contributed by atoms with Gasteiger partial charge in [0.2, 0.25) is 5.91 Å². The molecule has 9 nitrogen and oxygen atoms in total. The number of benzene rings is 1. The monoisotopic (exact) mass is 490 g/mol. The maximum Gasteiger partial charge on any atom is 0.251 e. The fourth-order valence-corrected chi connectivity index (χ4v) is 5.18. The van der Waals surface area contributed by atoms with Gasteiger partial charge in [-0.3, -0.25) is 29.2 Å². The number of rotatable bonds is 7. The standard InChI is InChI=1S/C27H30N4O5/c32-23-15-19(25-7-4-14-36-25)16-24(33)21(23)18-28-8-9-29-10-12-30(13-11-29)22-17-26(34)31(27(22)35)20-5-2-1-3-6-20/h1-7,14,18-19,22,32H,8-13,15-17H2/t19?,22-/m0/s1. The molecule has 1 N–H and O–H groups in total. The summed E-state index contributed by atoms with van der Waals surface area (Å²) in [4.78, 5) is 48.1. The Kier molecular flexibility index (Phi) is 7.11. The van der Waals surface area contributed by atoms with E-state index >= 15 is 0 Å². The lowest BCUT2D eigenvalue weighted by Crippen LogP contribution is -2.52. The number of imide groups is 1. The van der Waals surface area contributed by atoms with Gasteiger partial charge in [0.25, 0.3) is 5.91 Å². The first-order valence-electron chi connectivity index (χ1n) is 12.4. The highest BCUT2D eigenvalue weighted by Gasteiger charge is 2.43. The van der Waals surface area contributed by atoms with Crippen LogP contribution in [0.5, 0.6) is 0 Å². The number of aliphatic imine (C=N–C) groups is 1. The molecular formula is C27H30N4O5. The second-order valence-corrected chi connectivity index (χ2v) is 9.44. The van der Waals surface area contributed by atoms with E-state index in [9.17, 15) is 19.5 Å². The molecule has 1 unspecified atom stereocenters. The number of hydrogen-bond acceptors (Lipinski definition) is 8. The zero-order chi connectivity index (χ0) is 25.1. The minimum atomic E-state index is -0.407. The van der Waals surface area contributed by atoms with E-state index in [1.807, 2.05) is 24.3 Å². The van der Waals surface area contributed by atoms with E-state index in [4.69, 9.17) is 4.42 Å². The molecule has 0 radical (unpaired) electrons. The molecule has 0 saturated carbocycles. The van der Waals surface area contributed by atoms with Crippen molar-refractivity contribution in [1.29, 1.82) is 0 Å². The summed E-state index contributed by atoms with van der Waals surface area (Å²) >= 11 is 0. The van der Waals surface area contributed by atoms with Crippen LogP contribution in [0.4, 0.5) is 5.69 Å². The Morgan fingerprint density at radius 1 is 0.972 bits per heavy atom. The van der Waals surface area contributed by atoms with Crippen molar-refractivity contribution < 1.29 is 23.9 Å². The van der Waals surface area contributed by atoms with Crippen molar-refractivity contribution >= 4 is 29.5 Å². The Hall–Kier alpha value is -3.56. The van der Waals surface area contributed by atoms with Gasteiger partial charge >= 0.3 is 0 Å². The molecule has 3 aliphatic rings. The van der Waals surface area contributed by atoms with Crippen LogP contribution >= 0.6 is 0 Å². The summed E-state index contributed by atoms with van der Waals surface area (Å²) in [6, 6.07) is 12.3. The number of piperazine rings is 1. The summed E-state index contributed by atoms with van der Waals surface area (Å²) < 4.78 is 5.38. The van der Waals surface area contributed by atoms with Crippen molar-refractivity contribution in [1.82, 2.24) is 9.80 Å². The molecule has 188 valence electrons. The van der Waals surface area contributed by atoms with E-state index in [-0.39, 0.29) is 41.3 Å². The maximum absolute atomic E-state index is 13.0. The van der Waals surface area contributed by atoms with Crippen LogP contribution in [0.25, 0.3) is 0 Å². The van der Waals surface area contributed by atoms with Crippen molar-refractivity contribution in [3.05, 3.63) is 65.8 Å². The Labute approximate surface area is 209 Å². The Morgan fingerprint density at radius 2 is 1.75 bits per heavy atom. The molecule has 0 bridgehead atoms. The highest BCUT2D eigenvalue weighted by Crippen LogP contribution is 2.33. The van der Waals surface area contributed by atoms with E-state index < -0.39 is 6.04 Å². The lowest BCUT2D eigenvalue weighted by molar-refractivity contribution is -0.123. The lowest BCUT2D eigenvalue weighted by atomic mass is 9.86. The first kappa shape index (κ1) is 24.1. The Bertz CT molecular complexity index is 1170. The number of carbonyl (C=O) groups excluding carboxylic acids is 3. The Balaban J connectivity index is 1.09. The Morgan fingerprint density at radius 3 is 2.44 bits per heavy atom. The third-order valence-electron chi connectivity index (χ3n) is 7.18. The van der Waals surface area contributed by atoms with Crippen LogP contribution in [0.2, 0.25) is 0 Å². The second-order valence-electron chi connectivity index (χ2n) is 9.44. The summed E-state index contributed by atoms with van der Waals surface area (Å²) in [6.45, 7) is 4.18. The van der Waals surface area contributed by atoms with Gasteiger partial charge in [0.05, 0.1) is 36.5 Å². The van der Waals surface area contributed by atoms with E-state index in [1.165, 1.54) is 11.1 Å². The maximum atomic E-state index is 13.0. The molecule has 36 heavy (non-hydrogen) atoms. The lowest BCUT2D eigenvalue weighted by Gasteiger charge is -2.36. The molecule has 2 fully saturated rings. The van der Waals surface area contributed by atoms with Crippen molar-refractivity contribution in [2.75, 3.05) is 44.2 Å². The number of furan rings is 1. The van der Waals surface area contributed by atoms with E-state index in [1.54, 1.807) is 24.5 Å². The van der Waals surface area contributed by atoms with Crippen LogP contribution in [0.3, 0.4) is 0 Å². The third kappa shape index (κ3) is 5.03. The second kappa shape index (κ2) is 10.6. The predicted octanol–water partition coefficient (Wildman–Crippen LogP) is 2.56. The predicted molar refractivity (Wildman–Crippen MR) is 134 cm³/mol. The van der Waals surface area contributed by atoms with Gasteiger partial charge in [-0.25, -0.2) is 4.90 Å². The third-order valence-corrected chi connectivity index (χ3v) is 7.18. The van der Waals surface area contributed by atoms with Crippen LogP contribution in [0.15, 0.2) is 69.5 Å². The summed E-state index contributed by atoms with van der Waals surface area (Å²) in [5.41, 5.74) is 0.913. The first-order chi connectivity index (χ1) is 17.5. The van der Waals surface area contributed by atoms with Crippen LogP contribution in [0, 0.1) is 0 Å². The molecule has 3 heterocycles. The van der Waals surface area contributed by atoms with Gasteiger partial charge in [-0.15, -0.1) is 0 Å². The number of carbonyl (C=O) groups is 3. The van der Waals surface area contributed by atoms with Gasteiger partial charge in [-0.05, 0) is 24.3 Å². The number of Topliss-reactive ketones (excluding diaryl/α,β-unsaturated/α-hetero) is 1. The molecule has 2 aromatic rings. The molecule has 2 saturated heterocycles. The number of nitrogens with zero attached hydrogens (tertiary/aromatic N) is 4. The fraction of sp³-hybridized carbons (Fsp3) is 0.407. The number of aliphatic hydroxyl groups is 1. The molecule has 9 heteroatoms. The number of aliphatic hydroxyl groups excluding tert-OH is 1. The van der Waals surface area contributed by atoms with Crippen molar-refractivity contribution in [3.8, 4) is 0 Å². The van der Waals surface area contributed by atoms with E-state index in [2.05, 4.69) is 14.8 Å². The molecule has 2 amide bonds. The smallest absolute Gasteiger partial charge is 0.251 e. The van der Waals surface area contributed by atoms with Gasteiger partial charge in [-0.2, -0.15) is 0 Å². The molecule has 2 atom stereocenters. The van der Waals surface area contributed by atoms with E-state index in [0.717, 1.165) is 19.6 Å². The first-order valence-corrected chi connectivity index (χ1v) is 12.4. The topological polar surface area (TPSA) is 107 Å². The molecule has 5 rings (SSSR count). The van der Waals surface area contributed by atoms with Crippen molar-refractivity contribution in [2.45, 2.75) is 31.2 Å². The minimum absolute atomic E-state index is 0.0605. The van der Waals surface area contributed by atoms with Gasteiger partial charge < -0.3 is 9.52 Å². The highest BCUT2D eigenvalue weighted by atomic mass is 16.3. The summed E-state index contributed by atoms with van der Waals surface area (Å²) in [7, 11) is 0.